The van der Waals surface area contributed by atoms with Crippen molar-refractivity contribution >= 4 is 5.91 Å². The van der Waals surface area contributed by atoms with Gasteiger partial charge in [0.1, 0.15) is 11.5 Å². The third-order valence-corrected chi connectivity index (χ3v) is 3.39. The van der Waals surface area contributed by atoms with Crippen molar-refractivity contribution in [2.45, 2.75) is 25.3 Å². The number of aromatic hydroxyl groups is 1. The van der Waals surface area contributed by atoms with Crippen LogP contribution in [0.25, 0.3) is 0 Å². The summed E-state index contributed by atoms with van der Waals surface area (Å²) in [5.41, 5.74) is 0.249. The molecule has 1 heterocycles. The number of rotatable bonds is 5. The molecule has 1 atom stereocenters. The fourth-order valence-corrected chi connectivity index (χ4v) is 2.28. The van der Waals surface area contributed by atoms with E-state index in [0.29, 0.717) is 18.3 Å². The Labute approximate surface area is 113 Å². The molecule has 104 valence electrons. The quantitative estimate of drug-likeness (QED) is 0.749. The Hall–Kier alpha value is -1.75. The van der Waals surface area contributed by atoms with Crippen molar-refractivity contribution in [3.63, 3.8) is 0 Å². The molecule has 1 aliphatic rings. The van der Waals surface area contributed by atoms with Gasteiger partial charge < -0.3 is 20.5 Å². The number of methoxy groups -OCH3 is 1. The molecular formula is C14H20N2O3. The van der Waals surface area contributed by atoms with Crippen LogP contribution in [0.15, 0.2) is 18.2 Å². The molecule has 0 aliphatic carbocycles. The lowest BCUT2D eigenvalue weighted by molar-refractivity contribution is 0.0949. The lowest BCUT2D eigenvalue weighted by atomic mass is 10.1. The van der Waals surface area contributed by atoms with Crippen LogP contribution < -0.4 is 15.4 Å². The highest BCUT2D eigenvalue weighted by Gasteiger charge is 2.15. The number of phenols is 1. The number of ether oxygens (including phenoxy) is 1. The minimum absolute atomic E-state index is 0.0303. The van der Waals surface area contributed by atoms with Crippen LogP contribution in [0.5, 0.6) is 11.5 Å². The SMILES string of the molecule is COc1ccc(O)c(C(=O)NCC[C@@H]2CCCN2)c1. The third-order valence-electron chi connectivity index (χ3n) is 3.39. The van der Waals surface area contributed by atoms with Crippen molar-refractivity contribution < 1.29 is 14.6 Å². The minimum Gasteiger partial charge on any atom is -0.507 e. The maximum absolute atomic E-state index is 12.0. The maximum Gasteiger partial charge on any atom is 0.255 e. The van der Waals surface area contributed by atoms with E-state index in [-0.39, 0.29) is 17.2 Å². The number of hydrogen-bond donors (Lipinski definition) is 3. The molecule has 5 nitrogen and oxygen atoms in total. The summed E-state index contributed by atoms with van der Waals surface area (Å²) in [7, 11) is 1.53. The summed E-state index contributed by atoms with van der Waals surface area (Å²) in [4.78, 5) is 12.0. The molecule has 1 aromatic carbocycles. The second-order valence-corrected chi connectivity index (χ2v) is 4.72. The highest BCUT2D eigenvalue weighted by atomic mass is 16.5. The van der Waals surface area contributed by atoms with Crippen LogP contribution in [0.1, 0.15) is 29.6 Å². The second-order valence-electron chi connectivity index (χ2n) is 4.72. The topological polar surface area (TPSA) is 70.6 Å². The summed E-state index contributed by atoms with van der Waals surface area (Å²) in [6.45, 7) is 1.67. The molecule has 1 aliphatic heterocycles. The van der Waals surface area contributed by atoms with Crippen molar-refractivity contribution in [1.82, 2.24) is 10.6 Å². The van der Waals surface area contributed by atoms with E-state index in [2.05, 4.69) is 10.6 Å². The predicted molar refractivity (Wildman–Crippen MR) is 72.6 cm³/mol. The Morgan fingerprint density at radius 3 is 3.11 bits per heavy atom. The van der Waals surface area contributed by atoms with Crippen LogP contribution in [0.3, 0.4) is 0 Å². The normalized spacial score (nSPS) is 18.3. The van der Waals surface area contributed by atoms with Gasteiger partial charge in [-0.25, -0.2) is 0 Å². The molecule has 0 spiro atoms. The van der Waals surface area contributed by atoms with Crippen LogP contribution >= 0.6 is 0 Å². The third kappa shape index (κ3) is 3.61. The highest BCUT2D eigenvalue weighted by Crippen LogP contribution is 2.22. The van der Waals surface area contributed by atoms with Crippen molar-refractivity contribution in [2.75, 3.05) is 20.2 Å². The average Bonchev–Trinajstić information content (AvgIpc) is 2.92. The number of carbonyl (C=O) groups excluding carboxylic acids is 1. The molecule has 0 bridgehead atoms. The van der Waals surface area contributed by atoms with Gasteiger partial charge in [-0.15, -0.1) is 0 Å². The first-order chi connectivity index (χ1) is 9.20. The lowest BCUT2D eigenvalue weighted by Crippen LogP contribution is -2.30. The molecule has 1 aromatic rings. The molecule has 1 amide bonds. The molecule has 5 heteroatoms. The van der Waals surface area contributed by atoms with Crippen molar-refractivity contribution in [3.8, 4) is 11.5 Å². The predicted octanol–water partition coefficient (Wildman–Crippen LogP) is 1.27. The maximum atomic E-state index is 12.0. The number of nitrogens with one attached hydrogen (secondary N) is 2. The number of phenolic OH excluding ortho intramolecular Hbond substituents is 1. The van der Waals surface area contributed by atoms with Gasteiger partial charge in [0.05, 0.1) is 12.7 Å². The summed E-state index contributed by atoms with van der Waals surface area (Å²) in [6.07, 6.45) is 3.28. The van der Waals surface area contributed by atoms with Crippen LogP contribution in [0.4, 0.5) is 0 Å². The number of amides is 1. The van der Waals surface area contributed by atoms with E-state index < -0.39 is 0 Å². The highest BCUT2D eigenvalue weighted by molar-refractivity contribution is 5.97. The fraction of sp³-hybridized carbons (Fsp3) is 0.500. The fourth-order valence-electron chi connectivity index (χ4n) is 2.28. The second kappa shape index (κ2) is 6.43. The Morgan fingerprint density at radius 2 is 2.42 bits per heavy atom. The molecule has 0 saturated carbocycles. The van der Waals surface area contributed by atoms with E-state index in [0.717, 1.165) is 13.0 Å². The molecular weight excluding hydrogens is 244 g/mol. The van der Waals surface area contributed by atoms with Crippen molar-refractivity contribution in [2.24, 2.45) is 0 Å². The van der Waals surface area contributed by atoms with E-state index >= 15 is 0 Å². The number of carbonyl (C=O) groups is 1. The average molecular weight is 264 g/mol. The van der Waals surface area contributed by atoms with E-state index in [1.54, 1.807) is 12.1 Å². The standard InChI is InChI=1S/C14H20N2O3/c1-19-11-4-5-13(17)12(9-11)14(18)16-8-6-10-3-2-7-15-10/h4-5,9-10,15,17H,2-3,6-8H2,1H3,(H,16,18)/t10-/m0/s1. The molecule has 19 heavy (non-hydrogen) atoms. The Bertz CT molecular complexity index is 442. The monoisotopic (exact) mass is 264 g/mol. The van der Waals surface area contributed by atoms with Gasteiger partial charge in [-0.3, -0.25) is 4.79 Å². The zero-order chi connectivity index (χ0) is 13.7. The van der Waals surface area contributed by atoms with Gasteiger partial charge in [0.2, 0.25) is 0 Å². The Kier molecular flexibility index (Phi) is 4.63. The van der Waals surface area contributed by atoms with E-state index in [1.807, 2.05) is 0 Å². The van der Waals surface area contributed by atoms with Gasteiger partial charge in [0.15, 0.2) is 0 Å². The van der Waals surface area contributed by atoms with E-state index in [9.17, 15) is 9.90 Å². The molecule has 1 saturated heterocycles. The zero-order valence-corrected chi connectivity index (χ0v) is 11.1. The van der Waals surface area contributed by atoms with Crippen molar-refractivity contribution in [3.05, 3.63) is 23.8 Å². The molecule has 0 unspecified atom stereocenters. The number of benzene rings is 1. The first-order valence-corrected chi connectivity index (χ1v) is 6.59. The van der Waals surface area contributed by atoms with Gasteiger partial charge in [0, 0.05) is 12.6 Å². The Balaban J connectivity index is 1.88. The molecule has 1 fully saturated rings. The van der Waals surface area contributed by atoms with Gasteiger partial charge in [-0.05, 0) is 44.0 Å². The van der Waals surface area contributed by atoms with E-state index in [4.69, 9.17) is 4.74 Å². The summed E-state index contributed by atoms with van der Waals surface area (Å²) in [6, 6.07) is 5.12. The smallest absolute Gasteiger partial charge is 0.255 e. The van der Waals surface area contributed by atoms with Crippen LogP contribution in [0, 0.1) is 0 Å². The van der Waals surface area contributed by atoms with Gasteiger partial charge >= 0.3 is 0 Å². The first kappa shape index (κ1) is 13.7. The zero-order valence-electron chi connectivity index (χ0n) is 11.1. The Morgan fingerprint density at radius 1 is 1.58 bits per heavy atom. The summed E-state index contributed by atoms with van der Waals surface area (Å²) < 4.78 is 5.04. The molecule has 0 radical (unpaired) electrons. The van der Waals surface area contributed by atoms with Crippen molar-refractivity contribution in [1.29, 1.82) is 0 Å². The van der Waals surface area contributed by atoms with Gasteiger partial charge in [-0.2, -0.15) is 0 Å². The van der Waals surface area contributed by atoms with Crippen LogP contribution in [0.2, 0.25) is 0 Å². The first-order valence-electron chi connectivity index (χ1n) is 6.59. The largest absolute Gasteiger partial charge is 0.507 e. The molecule has 2 rings (SSSR count). The minimum atomic E-state index is -0.269. The summed E-state index contributed by atoms with van der Waals surface area (Å²) in [5, 5.41) is 15.9. The van der Waals surface area contributed by atoms with Crippen LogP contribution in [-0.2, 0) is 0 Å². The van der Waals surface area contributed by atoms with Crippen LogP contribution in [-0.4, -0.2) is 37.3 Å². The van der Waals surface area contributed by atoms with Gasteiger partial charge in [0.25, 0.3) is 5.91 Å². The lowest BCUT2D eigenvalue weighted by Gasteiger charge is -2.11. The number of hydrogen-bond acceptors (Lipinski definition) is 4. The van der Waals surface area contributed by atoms with Gasteiger partial charge in [-0.1, -0.05) is 0 Å². The summed E-state index contributed by atoms with van der Waals surface area (Å²) in [5.74, 6) is 0.257. The molecule has 0 aromatic heterocycles. The van der Waals surface area contributed by atoms with E-state index in [1.165, 1.54) is 26.0 Å². The molecule has 3 N–H and O–H groups in total. The summed E-state index contributed by atoms with van der Waals surface area (Å²) >= 11 is 0.